The number of hydrogen-bond donors (Lipinski definition) is 2. The molecule has 1 aliphatic rings. The fourth-order valence-electron chi connectivity index (χ4n) is 1.31. The number of amides is 2. The average Bonchev–Trinajstić information content (AvgIpc) is 2.53. The molecule has 1 fully saturated rings. The molecule has 1 aromatic carbocycles. The van der Waals surface area contributed by atoms with Gasteiger partial charge in [-0.1, -0.05) is 29.8 Å². The number of carbonyl (C=O) groups is 2. The van der Waals surface area contributed by atoms with Gasteiger partial charge >= 0.3 is 0 Å². The van der Waals surface area contributed by atoms with Crippen LogP contribution in [-0.2, 0) is 9.59 Å². The van der Waals surface area contributed by atoms with Gasteiger partial charge in [-0.25, -0.2) is 0 Å². The van der Waals surface area contributed by atoms with Gasteiger partial charge < -0.3 is 0 Å². The maximum atomic E-state index is 11.2. The van der Waals surface area contributed by atoms with Crippen LogP contribution in [0.2, 0.25) is 0 Å². The molecule has 2 amide bonds. The summed E-state index contributed by atoms with van der Waals surface area (Å²) in [4.78, 5) is 22.4. The maximum absolute atomic E-state index is 11.2. The number of rotatable bonds is 1. The van der Waals surface area contributed by atoms with E-state index in [1.54, 1.807) is 6.08 Å². The summed E-state index contributed by atoms with van der Waals surface area (Å²) in [6.45, 7) is 1.98. The van der Waals surface area contributed by atoms with E-state index in [9.17, 15) is 9.59 Å². The van der Waals surface area contributed by atoms with Crippen LogP contribution in [0.4, 0.5) is 0 Å². The molecule has 0 spiro atoms. The molecule has 0 atom stereocenters. The maximum Gasteiger partial charge on any atom is 0.275 e. The van der Waals surface area contributed by atoms with Crippen LogP contribution < -0.4 is 10.9 Å². The lowest BCUT2D eigenvalue weighted by Crippen LogP contribution is -2.28. The van der Waals surface area contributed by atoms with Crippen LogP contribution in [-0.4, -0.2) is 11.8 Å². The van der Waals surface area contributed by atoms with Crippen molar-refractivity contribution < 1.29 is 9.59 Å². The quantitative estimate of drug-likeness (QED) is 0.516. The Balaban J connectivity index is 2.33. The molecule has 0 radical (unpaired) electrons. The number of nitrogens with one attached hydrogen (secondary N) is 2. The van der Waals surface area contributed by atoms with E-state index in [1.165, 1.54) is 0 Å². The van der Waals surface area contributed by atoms with Crippen LogP contribution in [0, 0.1) is 6.92 Å². The molecule has 0 aromatic heterocycles. The summed E-state index contributed by atoms with van der Waals surface area (Å²) >= 11 is 0. The molecule has 4 heteroatoms. The van der Waals surface area contributed by atoms with E-state index in [0.29, 0.717) is 0 Å². The third-order valence-corrected chi connectivity index (χ3v) is 2.17. The molecule has 76 valence electrons. The van der Waals surface area contributed by atoms with Gasteiger partial charge in [-0.15, -0.1) is 0 Å². The number of aryl methyl sites for hydroxylation is 1. The summed E-state index contributed by atoms with van der Waals surface area (Å²) in [5, 5.41) is 0. The number of hydrogen-bond acceptors (Lipinski definition) is 2. The van der Waals surface area contributed by atoms with Gasteiger partial charge in [0.1, 0.15) is 5.57 Å². The molecule has 15 heavy (non-hydrogen) atoms. The van der Waals surface area contributed by atoms with Crippen LogP contribution in [0.25, 0.3) is 6.08 Å². The Morgan fingerprint density at radius 2 is 1.53 bits per heavy atom. The zero-order valence-electron chi connectivity index (χ0n) is 8.20. The Bertz CT molecular complexity index is 428. The zero-order chi connectivity index (χ0) is 10.8. The van der Waals surface area contributed by atoms with E-state index >= 15 is 0 Å². The van der Waals surface area contributed by atoms with Crippen molar-refractivity contribution in [1.82, 2.24) is 10.9 Å². The third kappa shape index (κ3) is 1.88. The average molecular weight is 202 g/mol. The van der Waals surface area contributed by atoms with Gasteiger partial charge in [-0.05, 0) is 18.6 Å². The van der Waals surface area contributed by atoms with Gasteiger partial charge in [0.2, 0.25) is 0 Å². The Hall–Kier alpha value is -2.10. The monoisotopic (exact) mass is 202 g/mol. The van der Waals surface area contributed by atoms with Crippen molar-refractivity contribution in [2.75, 3.05) is 0 Å². The highest BCUT2D eigenvalue weighted by molar-refractivity contribution is 6.25. The second kappa shape index (κ2) is 3.57. The molecular formula is C11H10N2O2. The summed E-state index contributed by atoms with van der Waals surface area (Å²) in [6.07, 6.45) is 1.57. The minimum Gasteiger partial charge on any atom is -0.267 e. The first-order valence-electron chi connectivity index (χ1n) is 4.56. The molecule has 1 aliphatic heterocycles. The van der Waals surface area contributed by atoms with Crippen molar-refractivity contribution >= 4 is 17.9 Å². The highest BCUT2D eigenvalue weighted by Crippen LogP contribution is 2.10. The summed E-state index contributed by atoms with van der Waals surface area (Å²) in [7, 11) is 0. The molecule has 0 unspecified atom stereocenters. The van der Waals surface area contributed by atoms with Crippen molar-refractivity contribution in [2.24, 2.45) is 0 Å². The van der Waals surface area contributed by atoms with Crippen molar-refractivity contribution in [2.45, 2.75) is 6.92 Å². The van der Waals surface area contributed by atoms with E-state index in [1.807, 2.05) is 31.2 Å². The Morgan fingerprint density at radius 1 is 1.00 bits per heavy atom. The fraction of sp³-hybridized carbons (Fsp3) is 0.0909. The summed E-state index contributed by atoms with van der Waals surface area (Å²) in [6, 6.07) is 7.58. The van der Waals surface area contributed by atoms with Gasteiger partial charge in [0.15, 0.2) is 0 Å². The largest absolute Gasteiger partial charge is 0.275 e. The van der Waals surface area contributed by atoms with Crippen molar-refractivity contribution in [1.29, 1.82) is 0 Å². The normalized spacial score (nSPS) is 14.9. The molecule has 0 bridgehead atoms. The number of hydrazine groups is 1. The molecular weight excluding hydrogens is 192 g/mol. The Kier molecular flexibility index (Phi) is 2.25. The van der Waals surface area contributed by atoms with Crippen LogP contribution in [0.3, 0.4) is 0 Å². The fourth-order valence-corrected chi connectivity index (χ4v) is 1.31. The molecule has 2 rings (SSSR count). The van der Waals surface area contributed by atoms with E-state index in [0.717, 1.165) is 11.1 Å². The summed E-state index contributed by atoms with van der Waals surface area (Å²) in [5.41, 5.74) is 6.60. The van der Waals surface area contributed by atoms with E-state index in [4.69, 9.17) is 0 Å². The minimum absolute atomic E-state index is 0.138. The molecule has 0 aliphatic carbocycles. The van der Waals surface area contributed by atoms with Crippen LogP contribution >= 0.6 is 0 Å². The lowest BCUT2D eigenvalue weighted by molar-refractivity contribution is -0.117. The van der Waals surface area contributed by atoms with Crippen LogP contribution in [0.1, 0.15) is 11.1 Å². The Morgan fingerprint density at radius 3 is 2.07 bits per heavy atom. The first kappa shape index (κ1) is 9.45. The number of carbonyl (C=O) groups excluding carboxylic acids is 2. The second-order valence-corrected chi connectivity index (χ2v) is 3.38. The highest BCUT2D eigenvalue weighted by Gasteiger charge is 2.24. The molecule has 1 aromatic rings. The topological polar surface area (TPSA) is 58.2 Å². The van der Waals surface area contributed by atoms with E-state index in [-0.39, 0.29) is 17.4 Å². The number of benzene rings is 1. The smallest absolute Gasteiger partial charge is 0.267 e. The second-order valence-electron chi connectivity index (χ2n) is 3.38. The molecule has 0 saturated carbocycles. The van der Waals surface area contributed by atoms with Gasteiger partial charge in [0.25, 0.3) is 11.8 Å². The van der Waals surface area contributed by atoms with E-state index in [2.05, 4.69) is 10.9 Å². The summed E-state index contributed by atoms with van der Waals surface area (Å²) < 4.78 is 0. The SMILES string of the molecule is Cc1ccc(C=C2C(=O)NNC2=O)cc1. The Labute approximate surface area is 87.0 Å². The predicted molar refractivity (Wildman–Crippen MR) is 55.4 cm³/mol. The molecule has 2 N–H and O–H groups in total. The van der Waals surface area contributed by atoms with Crippen LogP contribution in [0.15, 0.2) is 29.8 Å². The third-order valence-electron chi connectivity index (χ3n) is 2.17. The molecule has 4 nitrogen and oxygen atoms in total. The first-order valence-corrected chi connectivity index (χ1v) is 4.56. The minimum atomic E-state index is -0.388. The van der Waals surface area contributed by atoms with Crippen molar-refractivity contribution in [3.63, 3.8) is 0 Å². The predicted octanol–water partition coefficient (Wildman–Crippen LogP) is 0.539. The van der Waals surface area contributed by atoms with Gasteiger partial charge in [-0.3, -0.25) is 20.4 Å². The van der Waals surface area contributed by atoms with Crippen LogP contribution in [0.5, 0.6) is 0 Å². The standard InChI is InChI=1S/C11H10N2O2/c1-7-2-4-8(5-3-7)6-9-10(14)12-13-11(9)15/h2-6H,1H3,(H,12,14)(H,13,15). The van der Waals surface area contributed by atoms with Crippen molar-refractivity contribution in [3.8, 4) is 0 Å². The first-order chi connectivity index (χ1) is 7.16. The highest BCUT2D eigenvalue weighted by atomic mass is 16.2. The zero-order valence-corrected chi connectivity index (χ0v) is 8.20. The molecule has 1 saturated heterocycles. The van der Waals surface area contributed by atoms with Gasteiger partial charge in [0, 0.05) is 0 Å². The van der Waals surface area contributed by atoms with Crippen molar-refractivity contribution in [3.05, 3.63) is 41.0 Å². The lowest BCUT2D eigenvalue weighted by atomic mass is 10.1. The van der Waals surface area contributed by atoms with Gasteiger partial charge in [-0.2, -0.15) is 0 Å². The van der Waals surface area contributed by atoms with Gasteiger partial charge in [0.05, 0.1) is 0 Å². The lowest BCUT2D eigenvalue weighted by Gasteiger charge is -1.95. The summed E-state index contributed by atoms with van der Waals surface area (Å²) in [5.74, 6) is -0.777. The van der Waals surface area contributed by atoms with E-state index < -0.39 is 0 Å². The molecule has 1 heterocycles.